The molecule has 16 heavy (non-hydrogen) atoms. The van der Waals surface area contributed by atoms with E-state index in [1.165, 1.54) is 0 Å². The van der Waals surface area contributed by atoms with Crippen LogP contribution in [0.1, 0.15) is 0 Å². The van der Waals surface area contributed by atoms with Crippen LogP contribution in [0.4, 0.5) is 0 Å². The van der Waals surface area contributed by atoms with Crippen LogP contribution in [0.3, 0.4) is 0 Å². The van der Waals surface area contributed by atoms with Crippen molar-refractivity contribution >= 4 is 22.5 Å². The molecule has 3 rings (SSSR count). The monoisotopic (exact) mass is 231 g/mol. The molecule has 0 bridgehead atoms. The number of fused-ring (bicyclic) bond motifs is 1. The summed E-state index contributed by atoms with van der Waals surface area (Å²) in [4.78, 5) is 4.25. The smallest absolute Gasteiger partial charge is 0.313 e. The number of pyridine rings is 1. The number of rotatable bonds is 1. The van der Waals surface area contributed by atoms with Crippen LogP contribution in [0.5, 0.6) is 0 Å². The number of benzene rings is 1. The molecule has 4 nitrogen and oxygen atoms in total. The fourth-order valence-corrected chi connectivity index (χ4v) is 1.71. The molecule has 0 unspecified atom stereocenters. The Labute approximate surface area is 95.9 Å². The van der Waals surface area contributed by atoms with E-state index in [0.717, 1.165) is 16.5 Å². The minimum atomic E-state index is 0.0379. The largest absolute Gasteiger partial charge is 0.407 e. The summed E-state index contributed by atoms with van der Waals surface area (Å²) >= 11 is 5.61. The lowest BCUT2D eigenvalue weighted by atomic mass is 10.1. The third-order valence-electron chi connectivity index (χ3n) is 2.28. The Bertz CT molecular complexity index is 645. The lowest BCUT2D eigenvalue weighted by Gasteiger charge is -2.00. The molecule has 0 aliphatic carbocycles. The Morgan fingerprint density at radius 3 is 2.75 bits per heavy atom. The molecule has 0 atom stereocenters. The number of hydrogen-bond donors (Lipinski definition) is 0. The van der Waals surface area contributed by atoms with E-state index in [0.29, 0.717) is 5.89 Å². The first-order valence-electron chi connectivity index (χ1n) is 4.68. The Balaban J connectivity index is 2.31. The average molecular weight is 232 g/mol. The first-order valence-corrected chi connectivity index (χ1v) is 5.05. The number of nitrogens with zero attached hydrogens (tertiary/aromatic N) is 3. The molecule has 2 aromatic heterocycles. The fourth-order valence-electron chi connectivity index (χ4n) is 1.60. The second-order valence-electron chi connectivity index (χ2n) is 3.24. The third-order valence-corrected chi connectivity index (χ3v) is 2.43. The van der Waals surface area contributed by atoms with Crippen molar-refractivity contribution in [3.63, 3.8) is 0 Å². The van der Waals surface area contributed by atoms with Crippen LogP contribution < -0.4 is 0 Å². The summed E-state index contributed by atoms with van der Waals surface area (Å²) in [6, 6.07) is 9.57. The highest BCUT2D eigenvalue weighted by Crippen LogP contribution is 2.26. The highest BCUT2D eigenvalue weighted by molar-refractivity contribution is 6.27. The van der Waals surface area contributed by atoms with E-state index in [4.69, 9.17) is 16.0 Å². The Kier molecular flexibility index (Phi) is 2.08. The fraction of sp³-hybridized carbons (Fsp3) is 0. The Morgan fingerprint density at radius 2 is 1.94 bits per heavy atom. The number of hydrogen-bond acceptors (Lipinski definition) is 4. The van der Waals surface area contributed by atoms with Crippen molar-refractivity contribution in [2.24, 2.45) is 0 Å². The van der Waals surface area contributed by atoms with Crippen LogP contribution in [0.2, 0.25) is 5.35 Å². The first-order chi connectivity index (χ1) is 7.84. The maximum Gasteiger partial charge on any atom is 0.313 e. The third kappa shape index (κ3) is 1.44. The number of halogens is 1. The van der Waals surface area contributed by atoms with E-state index in [9.17, 15) is 0 Å². The molecule has 3 aromatic rings. The molecule has 0 N–H and O–H groups in total. The molecule has 0 fully saturated rings. The van der Waals surface area contributed by atoms with Crippen LogP contribution in [-0.2, 0) is 0 Å². The Morgan fingerprint density at radius 1 is 1.06 bits per heavy atom. The normalized spacial score (nSPS) is 10.8. The zero-order valence-corrected chi connectivity index (χ0v) is 8.85. The van der Waals surface area contributed by atoms with Crippen molar-refractivity contribution in [2.75, 3.05) is 0 Å². The van der Waals surface area contributed by atoms with E-state index >= 15 is 0 Å². The molecule has 1 aromatic carbocycles. The predicted octanol–water partition coefficient (Wildman–Crippen LogP) is 2.94. The van der Waals surface area contributed by atoms with E-state index in [-0.39, 0.29) is 5.35 Å². The van der Waals surface area contributed by atoms with Gasteiger partial charge < -0.3 is 4.42 Å². The molecule has 0 radical (unpaired) electrons. The van der Waals surface area contributed by atoms with Gasteiger partial charge in [-0.25, -0.2) is 0 Å². The molecule has 0 spiro atoms. The van der Waals surface area contributed by atoms with Crippen LogP contribution in [-0.4, -0.2) is 15.2 Å². The molecule has 78 valence electrons. The zero-order valence-electron chi connectivity index (χ0n) is 8.09. The minimum absolute atomic E-state index is 0.0379. The SMILES string of the molecule is Clc1nnc(-c2ccnc3ccccc23)o1. The quantitative estimate of drug-likeness (QED) is 0.646. The second-order valence-corrected chi connectivity index (χ2v) is 3.56. The maximum absolute atomic E-state index is 5.61. The van der Waals surface area contributed by atoms with Gasteiger partial charge in [0.1, 0.15) is 0 Å². The van der Waals surface area contributed by atoms with Gasteiger partial charge in [-0.3, -0.25) is 4.98 Å². The summed E-state index contributed by atoms with van der Waals surface area (Å²) in [5, 5.41) is 8.49. The van der Waals surface area contributed by atoms with Gasteiger partial charge in [-0.1, -0.05) is 23.3 Å². The van der Waals surface area contributed by atoms with Crippen LogP contribution in [0.15, 0.2) is 40.9 Å². The maximum atomic E-state index is 5.61. The van der Waals surface area contributed by atoms with Gasteiger partial charge in [0, 0.05) is 17.1 Å². The lowest BCUT2D eigenvalue weighted by molar-refractivity contribution is 0.571. The van der Waals surface area contributed by atoms with Gasteiger partial charge in [0.2, 0.25) is 5.89 Å². The van der Waals surface area contributed by atoms with Gasteiger partial charge in [-0.15, -0.1) is 5.10 Å². The molecule has 0 saturated heterocycles. The lowest BCUT2D eigenvalue weighted by Crippen LogP contribution is -1.83. The molecule has 0 saturated carbocycles. The molecule has 0 aliphatic heterocycles. The summed E-state index contributed by atoms with van der Waals surface area (Å²) < 4.78 is 5.19. The van der Waals surface area contributed by atoms with Gasteiger partial charge in [-0.05, 0) is 23.7 Å². The van der Waals surface area contributed by atoms with E-state index in [1.54, 1.807) is 6.20 Å². The topological polar surface area (TPSA) is 51.8 Å². The summed E-state index contributed by atoms with van der Waals surface area (Å²) in [5.41, 5.74) is 1.72. The highest BCUT2D eigenvalue weighted by atomic mass is 35.5. The standard InChI is InChI=1S/C11H6ClN3O/c12-11-15-14-10(16-11)8-5-6-13-9-4-2-1-3-7(8)9/h1-6H. The van der Waals surface area contributed by atoms with E-state index in [2.05, 4.69) is 15.2 Å². The summed E-state index contributed by atoms with van der Waals surface area (Å²) in [6.07, 6.45) is 1.70. The molecular formula is C11H6ClN3O. The van der Waals surface area contributed by atoms with Gasteiger partial charge in [0.05, 0.1) is 5.52 Å². The van der Waals surface area contributed by atoms with Crippen molar-refractivity contribution in [3.05, 3.63) is 41.9 Å². The molecule has 0 amide bonds. The van der Waals surface area contributed by atoms with Gasteiger partial charge >= 0.3 is 5.35 Å². The predicted molar refractivity (Wildman–Crippen MR) is 60.0 cm³/mol. The molecule has 0 aliphatic rings. The van der Waals surface area contributed by atoms with Crippen molar-refractivity contribution in [1.82, 2.24) is 15.2 Å². The van der Waals surface area contributed by atoms with Crippen molar-refractivity contribution in [2.45, 2.75) is 0 Å². The van der Waals surface area contributed by atoms with Gasteiger partial charge in [0.15, 0.2) is 0 Å². The van der Waals surface area contributed by atoms with Gasteiger partial charge in [0.25, 0.3) is 0 Å². The summed E-state index contributed by atoms with van der Waals surface area (Å²) in [7, 11) is 0. The van der Waals surface area contributed by atoms with Crippen molar-refractivity contribution in [3.8, 4) is 11.5 Å². The van der Waals surface area contributed by atoms with Crippen LogP contribution in [0, 0.1) is 0 Å². The van der Waals surface area contributed by atoms with E-state index in [1.807, 2.05) is 30.3 Å². The van der Waals surface area contributed by atoms with Crippen LogP contribution in [0.25, 0.3) is 22.4 Å². The number of para-hydroxylation sites is 1. The second kappa shape index (κ2) is 3.57. The molecular weight excluding hydrogens is 226 g/mol. The number of aromatic nitrogens is 3. The molecule has 5 heteroatoms. The first kappa shape index (κ1) is 9.30. The highest BCUT2D eigenvalue weighted by Gasteiger charge is 2.10. The van der Waals surface area contributed by atoms with Crippen LogP contribution >= 0.6 is 11.6 Å². The summed E-state index contributed by atoms with van der Waals surface area (Å²) in [5.74, 6) is 0.406. The van der Waals surface area contributed by atoms with E-state index < -0.39 is 0 Å². The minimum Gasteiger partial charge on any atom is -0.407 e. The zero-order chi connectivity index (χ0) is 11.0. The summed E-state index contributed by atoms with van der Waals surface area (Å²) in [6.45, 7) is 0. The molecule has 2 heterocycles. The van der Waals surface area contributed by atoms with Crippen molar-refractivity contribution < 1.29 is 4.42 Å². The van der Waals surface area contributed by atoms with Gasteiger partial charge in [-0.2, -0.15) is 0 Å². The average Bonchev–Trinajstić information content (AvgIpc) is 2.75. The van der Waals surface area contributed by atoms with Crippen molar-refractivity contribution in [1.29, 1.82) is 0 Å². The Hall–Kier alpha value is -1.94.